The van der Waals surface area contributed by atoms with E-state index in [-0.39, 0.29) is 10.7 Å². The molecule has 0 bridgehead atoms. The van der Waals surface area contributed by atoms with Crippen molar-refractivity contribution in [2.24, 2.45) is 5.92 Å². The summed E-state index contributed by atoms with van der Waals surface area (Å²) in [5, 5.41) is 14.6. The summed E-state index contributed by atoms with van der Waals surface area (Å²) in [5.74, 6) is 0.728. The van der Waals surface area contributed by atoms with E-state index >= 15 is 0 Å². The maximum atomic E-state index is 10.9. The van der Waals surface area contributed by atoms with Gasteiger partial charge in [-0.1, -0.05) is 43.9 Å². The molecule has 2 atom stereocenters. The Morgan fingerprint density at radius 3 is 2.85 bits per heavy atom. The standard InChI is InChI=1S/C15H21ClN2O2/c1-2-12-5-3-4-6-14(12)17-10-11-7-8-13(16)15(9-11)18(19)20/h7-9,12,14,17H,2-6,10H2,1H3. The molecule has 1 N–H and O–H groups in total. The van der Waals surface area contributed by atoms with Crippen LogP contribution in [0.2, 0.25) is 5.02 Å². The van der Waals surface area contributed by atoms with Crippen molar-refractivity contribution in [3.8, 4) is 0 Å². The molecule has 0 amide bonds. The van der Waals surface area contributed by atoms with Gasteiger partial charge in [0.1, 0.15) is 5.02 Å². The first-order valence-corrected chi connectivity index (χ1v) is 7.65. The molecule has 2 rings (SSSR count). The van der Waals surface area contributed by atoms with Crippen LogP contribution in [0.25, 0.3) is 0 Å². The summed E-state index contributed by atoms with van der Waals surface area (Å²) in [4.78, 5) is 10.4. The van der Waals surface area contributed by atoms with Gasteiger partial charge in [0.2, 0.25) is 0 Å². The molecule has 2 unspecified atom stereocenters. The van der Waals surface area contributed by atoms with Crippen molar-refractivity contribution in [3.05, 3.63) is 38.9 Å². The van der Waals surface area contributed by atoms with Crippen molar-refractivity contribution in [1.29, 1.82) is 0 Å². The monoisotopic (exact) mass is 296 g/mol. The largest absolute Gasteiger partial charge is 0.310 e. The zero-order valence-electron chi connectivity index (χ0n) is 11.8. The molecule has 0 aromatic heterocycles. The molecule has 110 valence electrons. The van der Waals surface area contributed by atoms with Gasteiger partial charge < -0.3 is 5.32 Å². The van der Waals surface area contributed by atoms with E-state index in [0.29, 0.717) is 12.6 Å². The first-order chi connectivity index (χ1) is 9.61. The highest BCUT2D eigenvalue weighted by atomic mass is 35.5. The topological polar surface area (TPSA) is 55.2 Å². The number of benzene rings is 1. The van der Waals surface area contributed by atoms with Gasteiger partial charge in [0.25, 0.3) is 5.69 Å². The molecule has 0 spiro atoms. The Labute approximate surface area is 124 Å². The highest BCUT2D eigenvalue weighted by Gasteiger charge is 2.23. The predicted molar refractivity (Wildman–Crippen MR) is 81.0 cm³/mol. The van der Waals surface area contributed by atoms with Crippen LogP contribution in [0.4, 0.5) is 5.69 Å². The van der Waals surface area contributed by atoms with E-state index in [9.17, 15) is 10.1 Å². The van der Waals surface area contributed by atoms with E-state index in [1.165, 1.54) is 32.1 Å². The van der Waals surface area contributed by atoms with Crippen LogP contribution in [0.15, 0.2) is 18.2 Å². The Bertz CT molecular complexity index is 479. The molecule has 0 aliphatic heterocycles. The van der Waals surface area contributed by atoms with Crippen LogP contribution in [-0.2, 0) is 6.54 Å². The van der Waals surface area contributed by atoms with Gasteiger partial charge in [-0.2, -0.15) is 0 Å². The van der Waals surface area contributed by atoms with Crippen LogP contribution >= 0.6 is 11.6 Å². The van der Waals surface area contributed by atoms with Crippen LogP contribution in [0.1, 0.15) is 44.6 Å². The predicted octanol–water partition coefficient (Wildman–Crippen LogP) is 4.31. The molecule has 1 fully saturated rings. The normalized spacial score (nSPS) is 22.7. The second-order valence-electron chi connectivity index (χ2n) is 5.48. The van der Waals surface area contributed by atoms with Crippen LogP contribution in [0.5, 0.6) is 0 Å². The molecule has 1 saturated carbocycles. The number of rotatable bonds is 5. The zero-order valence-corrected chi connectivity index (χ0v) is 12.5. The van der Waals surface area contributed by atoms with Crippen LogP contribution in [0, 0.1) is 16.0 Å². The Morgan fingerprint density at radius 1 is 1.40 bits per heavy atom. The van der Waals surface area contributed by atoms with E-state index in [4.69, 9.17) is 11.6 Å². The lowest BCUT2D eigenvalue weighted by Gasteiger charge is -2.31. The summed E-state index contributed by atoms with van der Waals surface area (Å²) < 4.78 is 0. The average Bonchev–Trinajstić information content (AvgIpc) is 2.46. The van der Waals surface area contributed by atoms with E-state index < -0.39 is 4.92 Å². The summed E-state index contributed by atoms with van der Waals surface area (Å²) in [5.41, 5.74) is 0.906. The number of hydrogen-bond donors (Lipinski definition) is 1. The number of nitro benzene ring substituents is 1. The molecular formula is C15H21ClN2O2. The van der Waals surface area contributed by atoms with Gasteiger partial charge in [-0.05, 0) is 30.4 Å². The first-order valence-electron chi connectivity index (χ1n) is 7.28. The summed E-state index contributed by atoms with van der Waals surface area (Å²) >= 11 is 5.82. The molecular weight excluding hydrogens is 276 g/mol. The van der Waals surface area contributed by atoms with Crippen molar-refractivity contribution in [2.45, 2.75) is 51.6 Å². The van der Waals surface area contributed by atoms with E-state index in [0.717, 1.165) is 11.5 Å². The van der Waals surface area contributed by atoms with Crippen LogP contribution in [0.3, 0.4) is 0 Å². The summed E-state index contributed by atoms with van der Waals surface area (Å²) in [6.07, 6.45) is 6.28. The molecule has 1 aliphatic carbocycles. The van der Waals surface area contributed by atoms with Gasteiger partial charge in [0, 0.05) is 18.7 Å². The molecule has 1 aromatic rings. The minimum atomic E-state index is -0.429. The molecule has 1 aliphatic rings. The fourth-order valence-corrected chi connectivity index (χ4v) is 3.21. The van der Waals surface area contributed by atoms with Gasteiger partial charge in [-0.3, -0.25) is 10.1 Å². The third-order valence-electron chi connectivity index (χ3n) is 4.21. The van der Waals surface area contributed by atoms with Crippen molar-refractivity contribution < 1.29 is 4.92 Å². The number of nitro groups is 1. The molecule has 4 nitrogen and oxygen atoms in total. The molecule has 0 radical (unpaired) electrons. The Kier molecular flexibility index (Phi) is 5.38. The third kappa shape index (κ3) is 3.70. The van der Waals surface area contributed by atoms with E-state index in [1.54, 1.807) is 12.1 Å². The SMILES string of the molecule is CCC1CCCCC1NCc1ccc(Cl)c([N+](=O)[O-])c1. The van der Waals surface area contributed by atoms with E-state index in [2.05, 4.69) is 12.2 Å². The number of nitrogens with zero attached hydrogens (tertiary/aromatic N) is 1. The smallest absolute Gasteiger partial charge is 0.288 e. The molecule has 20 heavy (non-hydrogen) atoms. The second kappa shape index (κ2) is 7.04. The molecule has 0 heterocycles. The quantitative estimate of drug-likeness (QED) is 0.651. The highest BCUT2D eigenvalue weighted by Crippen LogP contribution is 2.28. The lowest BCUT2D eigenvalue weighted by Crippen LogP contribution is -2.37. The third-order valence-corrected chi connectivity index (χ3v) is 4.53. The lowest BCUT2D eigenvalue weighted by molar-refractivity contribution is -0.384. The average molecular weight is 297 g/mol. The maximum absolute atomic E-state index is 10.9. The summed E-state index contributed by atoms with van der Waals surface area (Å²) in [7, 11) is 0. The Morgan fingerprint density at radius 2 is 2.15 bits per heavy atom. The molecule has 1 aromatic carbocycles. The van der Waals surface area contributed by atoms with Gasteiger partial charge >= 0.3 is 0 Å². The number of nitrogens with one attached hydrogen (secondary N) is 1. The van der Waals surface area contributed by atoms with Crippen molar-refractivity contribution in [3.63, 3.8) is 0 Å². The molecule has 0 saturated heterocycles. The minimum Gasteiger partial charge on any atom is -0.310 e. The van der Waals surface area contributed by atoms with Gasteiger partial charge in [0.05, 0.1) is 4.92 Å². The van der Waals surface area contributed by atoms with E-state index in [1.807, 2.05) is 6.07 Å². The van der Waals surface area contributed by atoms with Gasteiger partial charge in [0.15, 0.2) is 0 Å². The number of halogens is 1. The zero-order chi connectivity index (χ0) is 14.5. The van der Waals surface area contributed by atoms with Crippen LogP contribution < -0.4 is 5.32 Å². The second-order valence-corrected chi connectivity index (χ2v) is 5.89. The Hall–Kier alpha value is -1.13. The Balaban J connectivity index is 1.99. The van der Waals surface area contributed by atoms with Crippen molar-refractivity contribution in [1.82, 2.24) is 5.32 Å². The fourth-order valence-electron chi connectivity index (χ4n) is 3.02. The number of hydrogen-bond acceptors (Lipinski definition) is 3. The maximum Gasteiger partial charge on any atom is 0.288 e. The first kappa shape index (κ1) is 15.3. The van der Waals surface area contributed by atoms with Crippen LogP contribution in [-0.4, -0.2) is 11.0 Å². The lowest BCUT2D eigenvalue weighted by atomic mass is 9.83. The summed E-state index contributed by atoms with van der Waals surface area (Å²) in [6.45, 7) is 2.90. The van der Waals surface area contributed by atoms with Crippen molar-refractivity contribution in [2.75, 3.05) is 0 Å². The van der Waals surface area contributed by atoms with Crippen molar-refractivity contribution >= 4 is 17.3 Å². The summed E-state index contributed by atoms with van der Waals surface area (Å²) in [6, 6.07) is 5.56. The molecule has 5 heteroatoms. The highest BCUT2D eigenvalue weighted by molar-refractivity contribution is 6.32. The van der Waals surface area contributed by atoms with Gasteiger partial charge in [-0.25, -0.2) is 0 Å². The minimum absolute atomic E-state index is 0.0124. The van der Waals surface area contributed by atoms with Gasteiger partial charge in [-0.15, -0.1) is 0 Å². The fraction of sp³-hybridized carbons (Fsp3) is 0.600.